The van der Waals surface area contributed by atoms with Crippen LogP contribution in [0.1, 0.15) is 26.3 Å². The van der Waals surface area contributed by atoms with Gasteiger partial charge in [-0.15, -0.1) is 0 Å². The molecule has 180 valence electrons. The summed E-state index contributed by atoms with van der Waals surface area (Å²) in [6.45, 7) is 4.66. The van der Waals surface area contributed by atoms with E-state index in [0.717, 1.165) is 22.2 Å². The number of hydrogen-bond acceptors (Lipinski definition) is 5. The van der Waals surface area contributed by atoms with E-state index in [-0.39, 0.29) is 24.2 Å². The maximum Gasteiger partial charge on any atom is 0.244 e. The highest BCUT2D eigenvalue weighted by atomic mass is 32.2. The van der Waals surface area contributed by atoms with Crippen molar-refractivity contribution in [1.82, 2.24) is 10.2 Å². The number of hydrogen-bond donors (Lipinski definition) is 1. The Morgan fingerprint density at radius 3 is 2.24 bits per heavy atom. The van der Waals surface area contributed by atoms with Crippen LogP contribution in [0.5, 0.6) is 5.75 Å². The molecule has 0 radical (unpaired) electrons. The average molecular weight is 480 g/mol. The van der Waals surface area contributed by atoms with E-state index in [2.05, 4.69) is 5.32 Å². The fourth-order valence-electron chi connectivity index (χ4n) is 3.16. The highest BCUT2D eigenvalue weighted by molar-refractivity contribution is 7.92. The third kappa shape index (κ3) is 7.45. The van der Waals surface area contributed by atoms with Gasteiger partial charge in [0.25, 0.3) is 0 Å². The minimum Gasteiger partial charge on any atom is -0.497 e. The molecule has 0 saturated heterocycles. The zero-order chi connectivity index (χ0) is 24.8. The molecule has 0 spiro atoms. The van der Waals surface area contributed by atoms with E-state index in [4.69, 9.17) is 4.74 Å². The van der Waals surface area contributed by atoms with Gasteiger partial charge in [-0.1, -0.05) is 18.2 Å². The van der Waals surface area contributed by atoms with Crippen molar-refractivity contribution in [2.75, 3.05) is 24.2 Å². The van der Waals surface area contributed by atoms with Crippen LogP contribution in [0.2, 0.25) is 0 Å². The summed E-state index contributed by atoms with van der Waals surface area (Å²) >= 11 is 0. The molecule has 0 aliphatic heterocycles. The number of benzene rings is 2. The Kier molecular flexibility index (Phi) is 8.81. The summed E-state index contributed by atoms with van der Waals surface area (Å²) in [7, 11) is -2.37. The molecular formula is C23H30FN3O5S. The lowest BCUT2D eigenvalue weighted by molar-refractivity contribution is -0.139. The van der Waals surface area contributed by atoms with Gasteiger partial charge < -0.3 is 15.0 Å². The van der Waals surface area contributed by atoms with Crippen molar-refractivity contribution >= 4 is 27.5 Å². The van der Waals surface area contributed by atoms with Gasteiger partial charge >= 0.3 is 0 Å². The molecular weight excluding hydrogens is 449 g/mol. The molecule has 2 aromatic carbocycles. The van der Waals surface area contributed by atoms with E-state index in [1.807, 2.05) is 0 Å². The van der Waals surface area contributed by atoms with Gasteiger partial charge in [-0.05, 0) is 56.7 Å². The van der Waals surface area contributed by atoms with Crippen molar-refractivity contribution in [3.05, 3.63) is 59.9 Å². The van der Waals surface area contributed by atoms with E-state index in [9.17, 15) is 22.4 Å². The molecule has 0 bridgehead atoms. The van der Waals surface area contributed by atoms with Crippen LogP contribution < -0.4 is 14.4 Å². The Morgan fingerprint density at radius 2 is 1.73 bits per heavy atom. The Labute approximate surface area is 194 Å². The molecule has 1 N–H and O–H groups in total. The number of carbonyl (C=O) groups is 2. The first-order chi connectivity index (χ1) is 15.4. The van der Waals surface area contributed by atoms with E-state index in [1.165, 1.54) is 30.2 Å². The lowest BCUT2D eigenvalue weighted by Gasteiger charge is -2.32. The lowest BCUT2D eigenvalue weighted by atomic mass is 10.1. The smallest absolute Gasteiger partial charge is 0.244 e. The van der Waals surface area contributed by atoms with E-state index in [0.29, 0.717) is 5.75 Å². The van der Waals surface area contributed by atoms with Gasteiger partial charge in [-0.25, -0.2) is 12.8 Å². The molecule has 0 heterocycles. The number of rotatable bonds is 10. The number of amides is 2. The highest BCUT2D eigenvalue weighted by Gasteiger charge is 2.30. The topological polar surface area (TPSA) is 96.0 Å². The molecule has 0 saturated carbocycles. The number of nitrogens with one attached hydrogen (secondary N) is 1. The SMILES string of the molecule is COc1ccc(CN(C(=O)CN(c2cccc(F)c2)S(C)(=O)=O)[C@H](C)C(=O)NC(C)C)cc1. The number of ether oxygens (including phenoxy) is 1. The van der Waals surface area contributed by atoms with Gasteiger partial charge in [0, 0.05) is 12.6 Å². The van der Waals surface area contributed by atoms with Crippen LogP contribution in [0.25, 0.3) is 0 Å². The molecule has 0 unspecified atom stereocenters. The fourth-order valence-corrected chi connectivity index (χ4v) is 4.00. The maximum atomic E-state index is 13.7. The van der Waals surface area contributed by atoms with E-state index in [1.54, 1.807) is 45.0 Å². The zero-order valence-corrected chi connectivity index (χ0v) is 20.2. The number of sulfonamides is 1. The van der Waals surface area contributed by atoms with Crippen molar-refractivity contribution in [3.63, 3.8) is 0 Å². The molecule has 10 heteroatoms. The first kappa shape index (κ1) is 26.1. The number of nitrogens with zero attached hydrogens (tertiary/aromatic N) is 2. The normalized spacial score (nSPS) is 12.2. The molecule has 0 aliphatic carbocycles. The van der Waals surface area contributed by atoms with Crippen LogP contribution >= 0.6 is 0 Å². The number of anilines is 1. The van der Waals surface area contributed by atoms with Gasteiger partial charge in [0.15, 0.2) is 0 Å². The van der Waals surface area contributed by atoms with Gasteiger partial charge in [0.05, 0.1) is 19.1 Å². The standard InChI is InChI=1S/C23H30FN3O5S/c1-16(2)25-23(29)17(3)26(14-18-9-11-21(32-4)12-10-18)22(28)15-27(33(5,30)31)20-8-6-7-19(24)13-20/h6-13,16-17H,14-15H2,1-5H3,(H,25,29)/t17-/m1/s1. The van der Waals surface area contributed by atoms with Crippen LogP contribution in [0.4, 0.5) is 10.1 Å². The predicted octanol–water partition coefficient (Wildman–Crippen LogP) is 2.54. The second-order valence-corrected chi connectivity index (χ2v) is 9.87. The molecule has 2 rings (SSSR count). The molecule has 8 nitrogen and oxygen atoms in total. The first-order valence-electron chi connectivity index (χ1n) is 10.4. The molecule has 0 fully saturated rings. The van der Waals surface area contributed by atoms with Gasteiger partial charge in [-0.2, -0.15) is 0 Å². The Balaban J connectivity index is 2.38. The predicted molar refractivity (Wildman–Crippen MR) is 125 cm³/mol. The van der Waals surface area contributed by atoms with Crippen LogP contribution in [-0.4, -0.2) is 57.1 Å². The van der Waals surface area contributed by atoms with Crippen molar-refractivity contribution < 1.29 is 27.1 Å². The van der Waals surface area contributed by atoms with E-state index >= 15 is 0 Å². The highest BCUT2D eigenvalue weighted by Crippen LogP contribution is 2.20. The summed E-state index contributed by atoms with van der Waals surface area (Å²) in [6, 6.07) is 10.9. The van der Waals surface area contributed by atoms with Crippen molar-refractivity contribution in [2.45, 2.75) is 39.4 Å². The molecule has 2 aromatic rings. The summed E-state index contributed by atoms with van der Waals surface area (Å²) in [6.07, 6.45) is 0.938. The minimum atomic E-state index is -3.91. The zero-order valence-electron chi connectivity index (χ0n) is 19.4. The summed E-state index contributed by atoms with van der Waals surface area (Å²) < 4.78 is 44.6. The number of methoxy groups -OCH3 is 1. The average Bonchev–Trinajstić information content (AvgIpc) is 2.74. The Morgan fingerprint density at radius 1 is 1.09 bits per heavy atom. The third-order valence-corrected chi connectivity index (χ3v) is 6.03. The Hall–Kier alpha value is -3.14. The monoisotopic (exact) mass is 479 g/mol. The molecule has 0 aromatic heterocycles. The molecule has 0 aliphatic rings. The number of carbonyl (C=O) groups excluding carboxylic acids is 2. The summed E-state index contributed by atoms with van der Waals surface area (Å²) in [5.41, 5.74) is 0.750. The van der Waals surface area contributed by atoms with Gasteiger partial charge in [0.2, 0.25) is 21.8 Å². The summed E-state index contributed by atoms with van der Waals surface area (Å²) in [5, 5.41) is 2.77. The first-order valence-corrected chi connectivity index (χ1v) is 12.2. The fraction of sp³-hybridized carbons (Fsp3) is 0.391. The van der Waals surface area contributed by atoms with Crippen LogP contribution in [0, 0.1) is 5.82 Å². The molecule has 2 amide bonds. The van der Waals surface area contributed by atoms with Crippen LogP contribution in [0.3, 0.4) is 0 Å². The molecule has 33 heavy (non-hydrogen) atoms. The second kappa shape index (κ2) is 11.1. The van der Waals surface area contributed by atoms with Crippen molar-refractivity contribution in [1.29, 1.82) is 0 Å². The number of halogens is 1. The second-order valence-electron chi connectivity index (χ2n) is 7.96. The largest absolute Gasteiger partial charge is 0.497 e. The third-order valence-electron chi connectivity index (χ3n) is 4.89. The molecule has 1 atom stereocenters. The Bertz CT molecular complexity index is 1070. The van der Waals surface area contributed by atoms with Gasteiger partial charge in [-0.3, -0.25) is 13.9 Å². The van der Waals surface area contributed by atoms with Crippen molar-refractivity contribution in [3.8, 4) is 5.75 Å². The minimum absolute atomic E-state index is 0.0227. The van der Waals surface area contributed by atoms with Crippen LogP contribution in [-0.2, 0) is 26.2 Å². The maximum absolute atomic E-state index is 13.7. The van der Waals surface area contributed by atoms with Crippen LogP contribution in [0.15, 0.2) is 48.5 Å². The lowest BCUT2D eigenvalue weighted by Crippen LogP contribution is -2.52. The summed E-state index contributed by atoms with van der Waals surface area (Å²) in [4.78, 5) is 27.3. The van der Waals surface area contributed by atoms with E-state index < -0.39 is 34.3 Å². The summed E-state index contributed by atoms with van der Waals surface area (Å²) in [5.74, 6) is -0.972. The van der Waals surface area contributed by atoms with Gasteiger partial charge in [0.1, 0.15) is 24.2 Å². The van der Waals surface area contributed by atoms with Crippen molar-refractivity contribution in [2.24, 2.45) is 0 Å². The quantitative estimate of drug-likeness (QED) is 0.565.